The van der Waals surface area contributed by atoms with Gasteiger partial charge < -0.3 is 25.2 Å². The van der Waals surface area contributed by atoms with Gasteiger partial charge in [-0.3, -0.25) is 14.4 Å². The number of rotatable bonds is 9. The number of carboxylic acids is 1. The average molecular weight is 561 g/mol. The molecule has 214 valence electrons. The van der Waals surface area contributed by atoms with E-state index in [4.69, 9.17) is 21.1 Å². The maximum atomic E-state index is 13.6. The Morgan fingerprint density at radius 1 is 1.03 bits per heavy atom. The van der Waals surface area contributed by atoms with E-state index in [1.165, 1.54) is 13.5 Å². The van der Waals surface area contributed by atoms with Gasteiger partial charge in [-0.2, -0.15) is 0 Å². The number of carbonyl (C=O) groups is 3. The number of carboxylic acid groups (broad SMARTS) is 1. The van der Waals surface area contributed by atoms with Gasteiger partial charge >= 0.3 is 5.97 Å². The number of halogens is 1. The summed E-state index contributed by atoms with van der Waals surface area (Å²) < 4.78 is 11.7. The lowest BCUT2D eigenvalue weighted by atomic mass is 9.70. The lowest BCUT2D eigenvalue weighted by Gasteiger charge is -2.39. The van der Waals surface area contributed by atoms with Crippen molar-refractivity contribution in [2.45, 2.75) is 90.2 Å². The third-order valence-electron chi connectivity index (χ3n) is 10.1. The van der Waals surface area contributed by atoms with Gasteiger partial charge in [0.15, 0.2) is 0 Å². The minimum absolute atomic E-state index is 0.0541. The van der Waals surface area contributed by atoms with Crippen molar-refractivity contribution in [2.24, 2.45) is 28.6 Å². The molecule has 0 heterocycles. The van der Waals surface area contributed by atoms with Gasteiger partial charge in [0, 0.05) is 18.7 Å². The van der Waals surface area contributed by atoms with E-state index in [0.717, 1.165) is 32.1 Å². The molecular formula is C30H41ClN2O6. The summed E-state index contributed by atoms with van der Waals surface area (Å²) in [5, 5.41) is 16.2. The summed E-state index contributed by atoms with van der Waals surface area (Å²) in [6, 6.07) is 2.98. The summed E-state index contributed by atoms with van der Waals surface area (Å²) in [5.41, 5.74) is -0.232. The topological polar surface area (TPSA) is 114 Å². The van der Waals surface area contributed by atoms with Crippen LogP contribution >= 0.6 is 11.6 Å². The van der Waals surface area contributed by atoms with Crippen LogP contribution in [0.2, 0.25) is 5.02 Å². The summed E-state index contributed by atoms with van der Waals surface area (Å²) in [7, 11) is 1.49. The van der Waals surface area contributed by atoms with E-state index >= 15 is 0 Å². The summed E-state index contributed by atoms with van der Waals surface area (Å²) >= 11 is 6.50. The second kappa shape index (κ2) is 10.8. The number of amides is 2. The number of carbonyl (C=O) groups excluding carboxylic acids is 2. The Hall–Kier alpha value is -2.48. The van der Waals surface area contributed by atoms with Crippen LogP contribution in [0.4, 0.5) is 0 Å². The van der Waals surface area contributed by atoms with Crippen LogP contribution in [0, 0.1) is 28.6 Å². The minimum Gasteiger partial charge on any atom is -0.496 e. The Bertz CT molecular complexity index is 1130. The van der Waals surface area contributed by atoms with Crippen LogP contribution in [0.25, 0.3) is 0 Å². The Balaban J connectivity index is 1.28. The first-order chi connectivity index (χ1) is 18.5. The average Bonchev–Trinajstić information content (AvgIpc) is 3.50. The van der Waals surface area contributed by atoms with Gasteiger partial charge in [-0.15, -0.1) is 0 Å². The van der Waals surface area contributed by atoms with Crippen LogP contribution < -0.4 is 20.1 Å². The largest absolute Gasteiger partial charge is 0.496 e. The van der Waals surface area contributed by atoms with Gasteiger partial charge in [-0.1, -0.05) is 24.9 Å². The van der Waals surface area contributed by atoms with E-state index in [9.17, 15) is 19.5 Å². The molecule has 0 unspecified atom stereocenters. The molecule has 3 N–H and O–H groups in total. The first kappa shape index (κ1) is 28.1. The Morgan fingerprint density at radius 3 is 2.33 bits per heavy atom. The molecule has 1 aromatic carbocycles. The molecule has 39 heavy (non-hydrogen) atoms. The van der Waals surface area contributed by atoms with E-state index in [2.05, 4.69) is 17.6 Å². The van der Waals surface area contributed by atoms with Crippen LogP contribution in [0.5, 0.6) is 11.5 Å². The Kier molecular flexibility index (Phi) is 7.79. The molecule has 0 radical (unpaired) electrons. The molecule has 0 saturated heterocycles. The molecule has 0 aliphatic heterocycles. The summed E-state index contributed by atoms with van der Waals surface area (Å²) in [4.78, 5) is 38.5. The van der Waals surface area contributed by atoms with Crippen LogP contribution in [0.15, 0.2) is 12.1 Å². The molecule has 0 aromatic heterocycles. The molecule has 4 aliphatic rings. The fraction of sp³-hybridized carbons (Fsp3) is 0.700. The molecule has 4 fully saturated rings. The van der Waals surface area contributed by atoms with Crippen molar-refractivity contribution in [3.63, 3.8) is 0 Å². The van der Waals surface area contributed by atoms with Crippen molar-refractivity contribution in [3.05, 3.63) is 22.7 Å². The first-order valence-electron chi connectivity index (χ1n) is 14.4. The fourth-order valence-electron chi connectivity index (χ4n) is 7.19. The van der Waals surface area contributed by atoms with Crippen LogP contribution in [0.3, 0.4) is 0 Å². The normalized spacial score (nSPS) is 32.7. The van der Waals surface area contributed by atoms with E-state index in [-0.39, 0.29) is 41.2 Å². The van der Waals surface area contributed by atoms with E-state index in [0.29, 0.717) is 60.2 Å². The predicted octanol–water partition coefficient (Wildman–Crippen LogP) is 5.21. The first-order valence-corrected chi connectivity index (χ1v) is 14.8. The number of ether oxygens (including phenoxy) is 2. The number of nitrogens with one attached hydrogen (secondary N) is 2. The molecule has 1 aromatic rings. The third-order valence-corrected chi connectivity index (χ3v) is 10.4. The third kappa shape index (κ3) is 5.59. The summed E-state index contributed by atoms with van der Waals surface area (Å²) in [6.45, 7) is 4.69. The van der Waals surface area contributed by atoms with Gasteiger partial charge in [-0.25, -0.2) is 0 Å². The lowest BCUT2D eigenvalue weighted by molar-refractivity contribution is -0.150. The highest BCUT2D eigenvalue weighted by Crippen LogP contribution is 2.49. The number of methoxy groups -OCH3 is 1. The molecule has 0 spiro atoms. The SMILES string of the molecule is COc1cc(Cl)c(OC2CCC(C)(C(=O)O)CC2)cc1C(=O)N[C@@H]1[C@H]2CC[C@H](C2)[C@@H]1C(=O)NCC1(C)CCC1. The van der Waals surface area contributed by atoms with E-state index in [1.807, 2.05) is 0 Å². The number of fused-ring (bicyclic) bond motifs is 2. The zero-order chi connectivity index (χ0) is 27.9. The molecule has 9 heteroatoms. The summed E-state index contributed by atoms with van der Waals surface area (Å²) in [5.74, 6) is 0.0344. The van der Waals surface area contributed by atoms with Crippen molar-refractivity contribution < 1.29 is 29.0 Å². The second-order valence-corrected chi connectivity index (χ2v) is 13.3. The van der Waals surface area contributed by atoms with Crippen molar-refractivity contribution in [2.75, 3.05) is 13.7 Å². The van der Waals surface area contributed by atoms with Crippen LogP contribution in [-0.2, 0) is 9.59 Å². The molecular weight excluding hydrogens is 520 g/mol. The maximum Gasteiger partial charge on any atom is 0.309 e. The zero-order valence-corrected chi connectivity index (χ0v) is 23.9. The van der Waals surface area contributed by atoms with Gasteiger partial charge in [0.25, 0.3) is 5.91 Å². The molecule has 5 rings (SSSR count). The van der Waals surface area contributed by atoms with Gasteiger partial charge in [0.05, 0.1) is 35.1 Å². The number of hydrogen-bond acceptors (Lipinski definition) is 5. The quantitative estimate of drug-likeness (QED) is 0.382. The van der Waals surface area contributed by atoms with E-state index in [1.54, 1.807) is 19.1 Å². The molecule has 2 bridgehead atoms. The highest BCUT2D eigenvalue weighted by Gasteiger charge is 2.51. The smallest absolute Gasteiger partial charge is 0.309 e. The minimum atomic E-state index is -0.785. The van der Waals surface area contributed by atoms with Crippen molar-refractivity contribution in [1.82, 2.24) is 10.6 Å². The fourth-order valence-corrected chi connectivity index (χ4v) is 7.39. The molecule has 4 saturated carbocycles. The van der Waals surface area contributed by atoms with Crippen LogP contribution in [-0.4, -0.2) is 48.7 Å². The molecule has 4 atom stereocenters. The second-order valence-electron chi connectivity index (χ2n) is 12.9. The zero-order valence-electron chi connectivity index (χ0n) is 23.2. The summed E-state index contributed by atoms with van der Waals surface area (Å²) in [6.07, 6.45) is 8.53. The van der Waals surface area contributed by atoms with Crippen LogP contribution in [0.1, 0.15) is 88.4 Å². The predicted molar refractivity (Wildman–Crippen MR) is 147 cm³/mol. The van der Waals surface area contributed by atoms with Gasteiger partial charge in [0.2, 0.25) is 5.91 Å². The van der Waals surface area contributed by atoms with Gasteiger partial charge in [-0.05, 0) is 88.0 Å². The number of hydrogen-bond donors (Lipinski definition) is 3. The highest BCUT2D eigenvalue weighted by molar-refractivity contribution is 6.32. The van der Waals surface area contributed by atoms with Crippen molar-refractivity contribution in [1.29, 1.82) is 0 Å². The number of aliphatic carboxylic acids is 1. The monoisotopic (exact) mass is 560 g/mol. The number of benzene rings is 1. The van der Waals surface area contributed by atoms with E-state index < -0.39 is 11.4 Å². The van der Waals surface area contributed by atoms with Crippen molar-refractivity contribution in [3.8, 4) is 11.5 Å². The molecule has 2 amide bonds. The Morgan fingerprint density at radius 2 is 1.72 bits per heavy atom. The lowest BCUT2D eigenvalue weighted by Crippen LogP contribution is -2.51. The van der Waals surface area contributed by atoms with Crippen molar-refractivity contribution >= 4 is 29.4 Å². The Labute approximate surface area is 235 Å². The standard InChI is InChI=1S/C30H41ClN2O6/c1-29(9-4-10-29)16-32-27(35)24-17-5-6-18(13-17)25(24)33-26(34)20-14-23(21(31)15-22(20)38-3)39-19-7-11-30(2,12-8-19)28(36)37/h14-15,17-19,24-25H,4-13,16H2,1-3H3,(H,32,35)(H,33,34)(H,36,37)/t17-,18+,19?,24+,25-,30?/m1/s1. The molecule has 8 nitrogen and oxygen atoms in total. The van der Waals surface area contributed by atoms with Gasteiger partial charge in [0.1, 0.15) is 11.5 Å². The maximum absolute atomic E-state index is 13.6. The highest BCUT2D eigenvalue weighted by atomic mass is 35.5. The molecule has 4 aliphatic carbocycles.